The lowest BCUT2D eigenvalue weighted by atomic mass is 10.2. The smallest absolute Gasteiger partial charge is 0.377 e. The number of aromatic nitrogens is 1. The van der Waals surface area contributed by atoms with E-state index in [1.54, 1.807) is 7.05 Å². The number of halogens is 3. The van der Waals surface area contributed by atoms with Gasteiger partial charge in [-0.05, 0) is 12.8 Å². The zero-order valence-corrected chi connectivity index (χ0v) is 14.2. The number of thiazole rings is 1. The van der Waals surface area contributed by atoms with Gasteiger partial charge in [0, 0.05) is 25.6 Å². The van der Waals surface area contributed by atoms with Crippen molar-refractivity contribution in [2.75, 3.05) is 33.4 Å². The van der Waals surface area contributed by atoms with Crippen LogP contribution in [0.25, 0.3) is 0 Å². The highest BCUT2D eigenvalue weighted by atomic mass is 32.1. The van der Waals surface area contributed by atoms with E-state index in [1.165, 1.54) is 0 Å². The van der Waals surface area contributed by atoms with Gasteiger partial charge in [0.1, 0.15) is 5.01 Å². The van der Waals surface area contributed by atoms with E-state index in [0.717, 1.165) is 36.2 Å². The first-order chi connectivity index (χ1) is 11.5. The van der Waals surface area contributed by atoms with Crippen LogP contribution in [-0.2, 0) is 22.2 Å². The zero-order chi connectivity index (χ0) is 17.4. The Labute approximate surface area is 142 Å². The van der Waals surface area contributed by atoms with E-state index < -0.39 is 11.9 Å². The van der Waals surface area contributed by atoms with Gasteiger partial charge in [0.15, 0.2) is 11.7 Å². The van der Waals surface area contributed by atoms with Gasteiger partial charge in [0.2, 0.25) is 0 Å². The van der Waals surface area contributed by atoms with Crippen molar-refractivity contribution >= 4 is 17.3 Å². The van der Waals surface area contributed by atoms with Crippen LogP contribution in [0.2, 0.25) is 0 Å². The van der Waals surface area contributed by atoms with Gasteiger partial charge in [-0.15, -0.1) is 11.3 Å². The Kier molecular flexibility index (Phi) is 7.25. The summed E-state index contributed by atoms with van der Waals surface area (Å²) in [6, 6.07) is 0. The maximum Gasteiger partial charge on any atom is 0.434 e. The normalized spacial score (nSPS) is 18.8. The van der Waals surface area contributed by atoms with Crippen LogP contribution in [0.15, 0.2) is 10.4 Å². The second kappa shape index (κ2) is 9.19. The topological polar surface area (TPSA) is 67.8 Å². The summed E-state index contributed by atoms with van der Waals surface area (Å²) in [7, 11) is 1.59. The molecule has 1 atom stereocenters. The van der Waals surface area contributed by atoms with E-state index in [1.807, 2.05) is 0 Å². The van der Waals surface area contributed by atoms with Crippen LogP contribution in [0, 0.1) is 0 Å². The molecule has 0 spiro atoms. The first-order valence-corrected chi connectivity index (χ1v) is 8.52. The minimum Gasteiger partial charge on any atom is -0.377 e. The highest BCUT2D eigenvalue weighted by Gasteiger charge is 2.33. The van der Waals surface area contributed by atoms with E-state index in [2.05, 4.69) is 20.6 Å². The van der Waals surface area contributed by atoms with Crippen LogP contribution in [-0.4, -0.2) is 50.5 Å². The minimum absolute atomic E-state index is 0.178. The van der Waals surface area contributed by atoms with E-state index in [4.69, 9.17) is 9.47 Å². The molecule has 1 unspecified atom stereocenters. The quantitative estimate of drug-likeness (QED) is 0.439. The molecule has 10 heteroatoms. The van der Waals surface area contributed by atoms with Crippen LogP contribution >= 0.6 is 11.3 Å². The first-order valence-electron chi connectivity index (χ1n) is 7.64. The molecule has 2 N–H and O–H groups in total. The van der Waals surface area contributed by atoms with Gasteiger partial charge in [-0.3, -0.25) is 4.99 Å². The van der Waals surface area contributed by atoms with Crippen molar-refractivity contribution in [3.63, 3.8) is 0 Å². The maximum absolute atomic E-state index is 12.5. The molecule has 0 aromatic carbocycles. The van der Waals surface area contributed by atoms with Crippen molar-refractivity contribution in [2.45, 2.75) is 31.7 Å². The predicted octanol–water partition coefficient (Wildman–Crippen LogP) is 2.02. The zero-order valence-electron chi connectivity index (χ0n) is 13.4. The van der Waals surface area contributed by atoms with E-state index >= 15 is 0 Å². The fourth-order valence-corrected chi connectivity index (χ4v) is 2.87. The number of guanidine groups is 1. The highest BCUT2D eigenvalue weighted by Crippen LogP contribution is 2.29. The van der Waals surface area contributed by atoms with Crippen molar-refractivity contribution in [1.29, 1.82) is 0 Å². The summed E-state index contributed by atoms with van der Waals surface area (Å²) in [5.41, 5.74) is -0.866. The van der Waals surface area contributed by atoms with Crippen molar-refractivity contribution in [3.8, 4) is 0 Å². The number of nitrogens with zero attached hydrogens (tertiary/aromatic N) is 2. The standard InChI is InChI=1S/C14H21F3N4O2S/c1-18-13(19-4-6-22-8-10-3-2-5-23-10)20-7-12-21-11(9-24-12)14(15,16)17/h9-10H,2-8H2,1H3,(H2,18,19,20). The van der Waals surface area contributed by atoms with Crippen molar-refractivity contribution < 1.29 is 22.6 Å². The third-order valence-electron chi connectivity index (χ3n) is 3.34. The Hall–Kier alpha value is -1.39. The molecule has 1 aromatic heterocycles. The second-order valence-electron chi connectivity index (χ2n) is 5.19. The van der Waals surface area contributed by atoms with Crippen LogP contribution in [0.5, 0.6) is 0 Å². The number of nitrogens with one attached hydrogen (secondary N) is 2. The number of rotatable bonds is 7. The number of hydrogen-bond acceptors (Lipinski definition) is 5. The Bertz CT molecular complexity index is 530. The summed E-state index contributed by atoms with van der Waals surface area (Å²) < 4.78 is 48.4. The number of aliphatic imine (C=N–C) groups is 1. The molecule has 0 amide bonds. The number of ether oxygens (including phenoxy) is 2. The lowest BCUT2D eigenvalue weighted by Crippen LogP contribution is -2.38. The fourth-order valence-electron chi connectivity index (χ4n) is 2.13. The van der Waals surface area contributed by atoms with E-state index in [-0.39, 0.29) is 12.6 Å². The van der Waals surface area contributed by atoms with Gasteiger partial charge < -0.3 is 20.1 Å². The molecule has 0 saturated carbocycles. The van der Waals surface area contributed by atoms with Gasteiger partial charge in [0.25, 0.3) is 0 Å². The first kappa shape index (κ1) is 18.9. The Morgan fingerprint density at radius 3 is 2.96 bits per heavy atom. The van der Waals surface area contributed by atoms with Crippen molar-refractivity contribution in [3.05, 3.63) is 16.1 Å². The molecule has 6 nitrogen and oxygen atoms in total. The van der Waals surface area contributed by atoms with Crippen LogP contribution < -0.4 is 10.6 Å². The molecule has 1 saturated heterocycles. The van der Waals surface area contributed by atoms with Crippen LogP contribution in [0.3, 0.4) is 0 Å². The van der Waals surface area contributed by atoms with Gasteiger partial charge in [-0.25, -0.2) is 4.98 Å². The Morgan fingerprint density at radius 1 is 1.50 bits per heavy atom. The molecule has 0 bridgehead atoms. The van der Waals surface area contributed by atoms with Gasteiger partial charge in [-0.2, -0.15) is 13.2 Å². The fraction of sp³-hybridized carbons (Fsp3) is 0.714. The molecule has 0 radical (unpaired) electrons. The SMILES string of the molecule is CN=C(NCCOCC1CCCO1)NCc1nc(C(F)(F)F)cs1. The minimum atomic E-state index is -4.41. The van der Waals surface area contributed by atoms with Crippen LogP contribution in [0.1, 0.15) is 23.5 Å². The Balaban J connectivity index is 1.62. The third-order valence-corrected chi connectivity index (χ3v) is 4.19. The average molecular weight is 366 g/mol. The number of alkyl halides is 3. The summed E-state index contributed by atoms with van der Waals surface area (Å²) in [6.07, 6.45) is -2.11. The van der Waals surface area contributed by atoms with E-state index in [0.29, 0.717) is 30.7 Å². The molecule has 1 fully saturated rings. The Morgan fingerprint density at radius 2 is 2.33 bits per heavy atom. The maximum atomic E-state index is 12.5. The summed E-state index contributed by atoms with van der Waals surface area (Å²) in [4.78, 5) is 7.55. The van der Waals surface area contributed by atoms with Crippen molar-refractivity contribution in [2.24, 2.45) is 4.99 Å². The van der Waals surface area contributed by atoms with Gasteiger partial charge in [0.05, 0.1) is 25.9 Å². The largest absolute Gasteiger partial charge is 0.434 e. The lowest BCUT2D eigenvalue weighted by Gasteiger charge is -2.13. The van der Waals surface area contributed by atoms with E-state index in [9.17, 15) is 13.2 Å². The summed E-state index contributed by atoms with van der Waals surface area (Å²) >= 11 is 0.960. The second-order valence-corrected chi connectivity index (χ2v) is 6.13. The highest BCUT2D eigenvalue weighted by molar-refractivity contribution is 7.09. The molecule has 1 aliphatic heterocycles. The molecule has 24 heavy (non-hydrogen) atoms. The van der Waals surface area contributed by atoms with Crippen LogP contribution in [0.4, 0.5) is 13.2 Å². The molecule has 136 valence electrons. The summed E-state index contributed by atoms with van der Waals surface area (Å²) in [6.45, 7) is 2.59. The molecular formula is C14H21F3N4O2S. The summed E-state index contributed by atoms with van der Waals surface area (Å²) in [5, 5.41) is 7.30. The van der Waals surface area contributed by atoms with Crippen molar-refractivity contribution in [1.82, 2.24) is 15.6 Å². The van der Waals surface area contributed by atoms with Gasteiger partial charge >= 0.3 is 6.18 Å². The third kappa shape index (κ3) is 6.25. The molecule has 2 heterocycles. The molecule has 1 aliphatic rings. The number of hydrogen-bond donors (Lipinski definition) is 2. The lowest BCUT2D eigenvalue weighted by molar-refractivity contribution is -0.140. The molecule has 1 aromatic rings. The average Bonchev–Trinajstić information content (AvgIpc) is 3.20. The molecular weight excluding hydrogens is 345 g/mol. The van der Waals surface area contributed by atoms with Gasteiger partial charge in [-0.1, -0.05) is 0 Å². The predicted molar refractivity (Wildman–Crippen MR) is 85.1 cm³/mol. The molecule has 2 rings (SSSR count). The monoisotopic (exact) mass is 366 g/mol. The molecule has 0 aliphatic carbocycles. The summed E-state index contributed by atoms with van der Waals surface area (Å²) in [5.74, 6) is 0.486.